The lowest BCUT2D eigenvalue weighted by Gasteiger charge is -2.44. The van der Waals surface area contributed by atoms with Crippen LogP contribution in [0.5, 0.6) is 0 Å². The Morgan fingerprint density at radius 2 is 1.65 bits per heavy atom. The van der Waals surface area contributed by atoms with Crippen LogP contribution in [-0.4, -0.2) is 35.3 Å². The van der Waals surface area contributed by atoms with E-state index in [0.29, 0.717) is 26.1 Å². The Morgan fingerprint density at radius 3 is 2.42 bits per heavy atom. The number of nitrogens with zero attached hydrogens (tertiary/aromatic N) is 1. The fraction of sp³-hybridized carbons (Fsp3) is 0.333. The minimum atomic E-state index is -0.298. The Morgan fingerprint density at radius 1 is 0.962 bits per heavy atom. The number of carbonyl (C=O) groups excluding carboxylic acids is 2. The zero-order valence-corrected chi connectivity index (χ0v) is 14.7. The van der Waals surface area contributed by atoms with Crippen molar-refractivity contribution in [3.8, 4) is 0 Å². The molecule has 26 heavy (non-hydrogen) atoms. The number of likely N-dealkylation sites (tertiary alicyclic amines) is 1. The molecule has 2 N–H and O–H groups in total. The van der Waals surface area contributed by atoms with Crippen LogP contribution in [0.25, 0.3) is 0 Å². The smallest absolute Gasteiger partial charge is 0.253 e. The molecule has 5 heteroatoms. The van der Waals surface area contributed by atoms with Crippen LogP contribution in [-0.2, 0) is 11.3 Å². The first kappa shape index (κ1) is 16.6. The summed E-state index contributed by atoms with van der Waals surface area (Å²) in [6.45, 7) is 1.85. The van der Waals surface area contributed by atoms with Crippen molar-refractivity contribution in [1.29, 1.82) is 0 Å². The average molecular weight is 349 g/mol. The van der Waals surface area contributed by atoms with Gasteiger partial charge in [-0.15, -0.1) is 0 Å². The number of amides is 2. The standard InChI is InChI=1S/C21H23N3O2/c25-19-14-21(23-18-9-5-4-8-17(18)15-22-19)10-12-24(13-11-21)20(26)16-6-2-1-3-7-16/h1-9,23H,10-15H2,(H,22,25). The number of nitrogens with one attached hydrogen (secondary N) is 2. The van der Waals surface area contributed by atoms with Gasteiger partial charge in [0.15, 0.2) is 0 Å². The zero-order valence-electron chi connectivity index (χ0n) is 14.7. The van der Waals surface area contributed by atoms with Crippen molar-refractivity contribution in [1.82, 2.24) is 10.2 Å². The highest BCUT2D eigenvalue weighted by atomic mass is 16.2. The zero-order chi connectivity index (χ0) is 18.0. The summed E-state index contributed by atoms with van der Waals surface area (Å²) >= 11 is 0. The first-order chi connectivity index (χ1) is 12.7. The van der Waals surface area contributed by atoms with Crippen LogP contribution in [0.2, 0.25) is 0 Å². The summed E-state index contributed by atoms with van der Waals surface area (Å²) in [5.74, 6) is 0.131. The maximum absolute atomic E-state index is 12.7. The van der Waals surface area contributed by atoms with Gasteiger partial charge in [0.25, 0.3) is 5.91 Å². The summed E-state index contributed by atoms with van der Waals surface area (Å²) in [5.41, 5.74) is 2.60. The molecule has 2 aliphatic heterocycles. The van der Waals surface area contributed by atoms with Crippen molar-refractivity contribution in [2.24, 2.45) is 0 Å². The molecule has 2 aromatic carbocycles. The summed E-state index contributed by atoms with van der Waals surface area (Å²) in [6, 6.07) is 17.5. The van der Waals surface area contributed by atoms with Crippen molar-refractivity contribution in [2.75, 3.05) is 18.4 Å². The molecule has 1 fully saturated rings. The lowest BCUT2D eigenvalue weighted by atomic mass is 9.82. The van der Waals surface area contributed by atoms with Crippen molar-refractivity contribution in [3.63, 3.8) is 0 Å². The number of fused-ring (bicyclic) bond motifs is 1. The number of carbonyl (C=O) groups is 2. The minimum absolute atomic E-state index is 0.0647. The van der Waals surface area contributed by atoms with E-state index in [1.54, 1.807) is 0 Å². The third-order valence-electron chi connectivity index (χ3n) is 5.42. The molecule has 2 aliphatic rings. The van der Waals surface area contributed by atoms with Gasteiger partial charge in [-0.1, -0.05) is 36.4 Å². The van der Waals surface area contributed by atoms with E-state index in [-0.39, 0.29) is 17.4 Å². The van der Waals surface area contributed by atoms with Crippen LogP contribution >= 0.6 is 0 Å². The van der Waals surface area contributed by atoms with Crippen molar-refractivity contribution < 1.29 is 9.59 Å². The second kappa shape index (κ2) is 6.83. The summed E-state index contributed by atoms with van der Waals surface area (Å²) in [6.07, 6.45) is 1.95. The molecule has 0 bridgehead atoms. The van der Waals surface area contributed by atoms with Crippen molar-refractivity contribution >= 4 is 17.5 Å². The van der Waals surface area contributed by atoms with Gasteiger partial charge in [0.1, 0.15) is 0 Å². The SMILES string of the molecule is O=C1CC2(CCN(C(=O)c3ccccc3)CC2)Nc2ccccc2CN1. The topological polar surface area (TPSA) is 61.4 Å². The fourth-order valence-electron chi connectivity index (χ4n) is 3.89. The molecule has 0 unspecified atom stereocenters. The summed E-state index contributed by atoms with van der Waals surface area (Å²) < 4.78 is 0. The lowest BCUT2D eigenvalue weighted by Crippen LogP contribution is -2.53. The summed E-state index contributed by atoms with van der Waals surface area (Å²) in [7, 11) is 0. The Labute approximate surface area is 153 Å². The molecule has 2 amide bonds. The van der Waals surface area contributed by atoms with E-state index in [2.05, 4.69) is 16.7 Å². The van der Waals surface area contributed by atoms with Gasteiger partial charge in [0, 0.05) is 42.8 Å². The number of benzene rings is 2. The Bertz CT molecular complexity index is 811. The normalized spacial score (nSPS) is 18.9. The maximum Gasteiger partial charge on any atom is 0.253 e. The third kappa shape index (κ3) is 3.29. The van der Waals surface area contributed by atoms with E-state index >= 15 is 0 Å². The molecule has 0 radical (unpaired) electrons. The largest absolute Gasteiger partial charge is 0.379 e. The lowest BCUT2D eigenvalue weighted by molar-refractivity contribution is -0.122. The molecule has 0 atom stereocenters. The number of anilines is 1. The van der Waals surface area contributed by atoms with E-state index in [9.17, 15) is 9.59 Å². The van der Waals surface area contributed by atoms with Crippen LogP contribution in [0.15, 0.2) is 54.6 Å². The van der Waals surface area contributed by atoms with Crippen LogP contribution in [0.1, 0.15) is 35.2 Å². The predicted octanol–water partition coefficient (Wildman–Crippen LogP) is 2.79. The quantitative estimate of drug-likeness (QED) is 0.832. The van der Waals surface area contributed by atoms with Gasteiger partial charge in [-0.3, -0.25) is 9.59 Å². The molecule has 2 heterocycles. The number of rotatable bonds is 1. The monoisotopic (exact) mass is 349 g/mol. The number of hydrogen-bond acceptors (Lipinski definition) is 3. The van der Waals surface area contributed by atoms with E-state index in [4.69, 9.17) is 0 Å². The molecule has 0 saturated carbocycles. The highest BCUT2D eigenvalue weighted by Gasteiger charge is 2.39. The van der Waals surface area contributed by atoms with Crippen molar-refractivity contribution in [2.45, 2.75) is 31.3 Å². The molecule has 2 aromatic rings. The molecule has 1 saturated heterocycles. The second-order valence-electron chi connectivity index (χ2n) is 7.17. The first-order valence-electron chi connectivity index (χ1n) is 9.12. The van der Waals surface area contributed by atoms with Crippen LogP contribution in [0.4, 0.5) is 5.69 Å². The average Bonchev–Trinajstić information content (AvgIpc) is 2.67. The predicted molar refractivity (Wildman–Crippen MR) is 101 cm³/mol. The van der Waals surface area contributed by atoms with E-state index in [1.807, 2.05) is 53.4 Å². The molecule has 1 spiro atoms. The summed E-state index contributed by atoms with van der Waals surface area (Å²) in [4.78, 5) is 26.9. The Kier molecular flexibility index (Phi) is 4.37. The van der Waals surface area contributed by atoms with Crippen LogP contribution < -0.4 is 10.6 Å². The Hall–Kier alpha value is -2.82. The van der Waals surface area contributed by atoms with Gasteiger partial charge in [-0.2, -0.15) is 0 Å². The van der Waals surface area contributed by atoms with Gasteiger partial charge in [-0.05, 0) is 36.6 Å². The van der Waals surface area contributed by atoms with E-state index in [1.165, 1.54) is 0 Å². The molecule has 4 rings (SSSR count). The van der Waals surface area contributed by atoms with Gasteiger partial charge < -0.3 is 15.5 Å². The molecule has 0 aromatic heterocycles. The van der Waals surface area contributed by atoms with Gasteiger partial charge in [-0.25, -0.2) is 0 Å². The minimum Gasteiger partial charge on any atom is -0.379 e. The van der Waals surface area contributed by atoms with Crippen LogP contribution in [0.3, 0.4) is 0 Å². The van der Waals surface area contributed by atoms with Gasteiger partial charge in [0.2, 0.25) is 5.91 Å². The van der Waals surface area contributed by atoms with E-state index < -0.39 is 0 Å². The van der Waals surface area contributed by atoms with Gasteiger partial charge >= 0.3 is 0 Å². The first-order valence-corrected chi connectivity index (χ1v) is 9.12. The van der Waals surface area contributed by atoms with Crippen molar-refractivity contribution in [3.05, 3.63) is 65.7 Å². The van der Waals surface area contributed by atoms with Crippen LogP contribution in [0, 0.1) is 0 Å². The number of hydrogen-bond donors (Lipinski definition) is 2. The highest BCUT2D eigenvalue weighted by Crippen LogP contribution is 2.33. The highest BCUT2D eigenvalue weighted by molar-refractivity contribution is 5.94. The third-order valence-corrected chi connectivity index (χ3v) is 5.42. The fourth-order valence-corrected chi connectivity index (χ4v) is 3.89. The number of piperidine rings is 1. The second-order valence-corrected chi connectivity index (χ2v) is 7.17. The Balaban J connectivity index is 1.52. The molecule has 5 nitrogen and oxygen atoms in total. The molecular weight excluding hydrogens is 326 g/mol. The molecular formula is C21H23N3O2. The molecule has 0 aliphatic carbocycles. The maximum atomic E-state index is 12.7. The molecule has 134 valence electrons. The summed E-state index contributed by atoms with van der Waals surface area (Å²) in [5, 5.41) is 6.66. The number of para-hydroxylation sites is 1. The van der Waals surface area contributed by atoms with E-state index in [0.717, 1.165) is 29.7 Å². The van der Waals surface area contributed by atoms with Gasteiger partial charge in [0.05, 0.1) is 0 Å².